The van der Waals surface area contributed by atoms with Crippen LogP contribution < -0.4 is 0 Å². The Balaban J connectivity index is 2.72. The van der Waals surface area contributed by atoms with Gasteiger partial charge in [0, 0.05) is 5.38 Å². The Morgan fingerprint density at radius 2 is 1.71 bits per heavy atom. The highest BCUT2D eigenvalue weighted by Gasteiger charge is 2.10. The normalized spacial score (nSPS) is 15.1. The molecule has 0 heterocycles. The van der Waals surface area contributed by atoms with Gasteiger partial charge >= 0.3 is 0 Å². The average Bonchev–Trinajstić information content (AvgIpc) is 2.18. The van der Waals surface area contributed by atoms with E-state index in [1.165, 1.54) is 24.0 Å². The summed E-state index contributed by atoms with van der Waals surface area (Å²) >= 11 is 6.06. The summed E-state index contributed by atoms with van der Waals surface area (Å²) in [5.41, 5.74) is 2.76. The molecule has 0 aliphatic carbocycles. The maximum absolute atomic E-state index is 6.06. The molecule has 1 heteroatoms. The summed E-state index contributed by atoms with van der Waals surface area (Å²) in [5.74, 6) is 0.437. The van der Waals surface area contributed by atoms with Crippen LogP contribution >= 0.6 is 11.6 Å². The first kappa shape index (κ1) is 11.6. The Kier molecular flexibility index (Phi) is 4.47. The Bertz CT molecular complexity index is 261. The molecule has 1 aromatic rings. The fourth-order valence-electron chi connectivity index (χ4n) is 1.54. The van der Waals surface area contributed by atoms with Crippen LogP contribution in [0.3, 0.4) is 0 Å². The van der Waals surface area contributed by atoms with Gasteiger partial charge in [-0.2, -0.15) is 0 Å². The van der Waals surface area contributed by atoms with E-state index in [1.54, 1.807) is 0 Å². The standard InChI is InChI=1S/C13H19Cl/c1-4-5-12-6-8-13(9-7-12)10(2)11(3)14/h6-11H,4-5H2,1-3H3. The molecule has 0 aromatic heterocycles. The van der Waals surface area contributed by atoms with Crippen molar-refractivity contribution < 1.29 is 0 Å². The number of benzene rings is 1. The van der Waals surface area contributed by atoms with Crippen molar-refractivity contribution in [1.29, 1.82) is 0 Å². The second kappa shape index (κ2) is 5.41. The van der Waals surface area contributed by atoms with Gasteiger partial charge in [-0.15, -0.1) is 11.6 Å². The lowest BCUT2D eigenvalue weighted by Crippen LogP contribution is -2.04. The van der Waals surface area contributed by atoms with Crippen molar-refractivity contribution in [3.05, 3.63) is 35.4 Å². The van der Waals surface area contributed by atoms with Gasteiger partial charge in [0.05, 0.1) is 0 Å². The summed E-state index contributed by atoms with van der Waals surface area (Å²) < 4.78 is 0. The van der Waals surface area contributed by atoms with E-state index < -0.39 is 0 Å². The van der Waals surface area contributed by atoms with Crippen molar-refractivity contribution in [2.24, 2.45) is 0 Å². The van der Waals surface area contributed by atoms with E-state index in [9.17, 15) is 0 Å². The van der Waals surface area contributed by atoms with Crippen molar-refractivity contribution in [3.8, 4) is 0 Å². The first-order valence-corrected chi connectivity index (χ1v) is 5.81. The third-order valence-electron chi connectivity index (χ3n) is 2.73. The topological polar surface area (TPSA) is 0 Å². The Labute approximate surface area is 92.3 Å². The minimum absolute atomic E-state index is 0.201. The second-order valence-corrected chi connectivity index (χ2v) is 4.65. The van der Waals surface area contributed by atoms with Crippen LogP contribution in [0.25, 0.3) is 0 Å². The fourth-order valence-corrected chi connectivity index (χ4v) is 1.69. The summed E-state index contributed by atoms with van der Waals surface area (Å²) in [4.78, 5) is 0. The maximum atomic E-state index is 6.06. The predicted octanol–water partition coefficient (Wildman–Crippen LogP) is 4.37. The highest BCUT2D eigenvalue weighted by molar-refractivity contribution is 6.20. The summed E-state index contributed by atoms with van der Waals surface area (Å²) in [5, 5.41) is 0.201. The lowest BCUT2D eigenvalue weighted by molar-refractivity contribution is 0.741. The molecule has 78 valence electrons. The summed E-state index contributed by atoms with van der Waals surface area (Å²) in [6.45, 7) is 6.43. The van der Waals surface area contributed by atoms with Crippen LogP contribution in [-0.2, 0) is 6.42 Å². The van der Waals surface area contributed by atoms with Gasteiger partial charge < -0.3 is 0 Å². The van der Waals surface area contributed by atoms with E-state index >= 15 is 0 Å². The quantitative estimate of drug-likeness (QED) is 0.648. The van der Waals surface area contributed by atoms with Crippen molar-refractivity contribution in [2.45, 2.75) is 44.9 Å². The number of hydrogen-bond donors (Lipinski definition) is 0. The molecule has 0 N–H and O–H groups in total. The van der Waals surface area contributed by atoms with E-state index in [-0.39, 0.29) is 5.38 Å². The minimum atomic E-state index is 0.201. The number of aryl methyl sites for hydroxylation is 1. The van der Waals surface area contributed by atoms with E-state index in [0.29, 0.717) is 5.92 Å². The van der Waals surface area contributed by atoms with Crippen LogP contribution in [0.15, 0.2) is 24.3 Å². The second-order valence-electron chi connectivity index (χ2n) is 3.96. The van der Waals surface area contributed by atoms with Crippen LogP contribution in [0.1, 0.15) is 44.2 Å². The molecule has 0 aliphatic heterocycles. The van der Waals surface area contributed by atoms with Crippen LogP contribution in [0.2, 0.25) is 0 Å². The van der Waals surface area contributed by atoms with Gasteiger partial charge in [-0.3, -0.25) is 0 Å². The molecule has 0 saturated heterocycles. The molecular weight excluding hydrogens is 192 g/mol. The van der Waals surface area contributed by atoms with E-state index in [2.05, 4.69) is 38.1 Å². The zero-order chi connectivity index (χ0) is 10.6. The van der Waals surface area contributed by atoms with Crippen LogP contribution in [0.4, 0.5) is 0 Å². The lowest BCUT2D eigenvalue weighted by atomic mass is 9.96. The van der Waals surface area contributed by atoms with E-state index in [0.717, 1.165) is 0 Å². The van der Waals surface area contributed by atoms with Gasteiger partial charge in [0.2, 0.25) is 0 Å². The fraction of sp³-hybridized carbons (Fsp3) is 0.538. The number of halogens is 1. The molecule has 0 fully saturated rings. The molecule has 1 aromatic carbocycles. The minimum Gasteiger partial charge on any atom is -0.123 e. The molecule has 0 amide bonds. The molecule has 1 rings (SSSR count). The smallest absolute Gasteiger partial charge is 0.0373 e. The molecule has 2 unspecified atom stereocenters. The molecule has 14 heavy (non-hydrogen) atoms. The highest BCUT2D eigenvalue weighted by atomic mass is 35.5. The monoisotopic (exact) mass is 210 g/mol. The lowest BCUT2D eigenvalue weighted by Gasteiger charge is -2.14. The van der Waals surface area contributed by atoms with Gasteiger partial charge in [0.1, 0.15) is 0 Å². The van der Waals surface area contributed by atoms with Gasteiger partial charge in [-0.1, -0.05) is 44.5 Å². The first-order valence-electron chi connectivity index (χ1n) is 5.38. The summed E-state index contributed by atoms with van der Waals surface area (Å²) in [7, 11) is 0. The van der Waals surface area contributed by atoms with Crippen LogP contribution in [0.5, 0.6) is 0 Å². The SMILES string of the molecule is CCCc1ccc(C(C)C(C)Cl)cc1. The van der Waals surface area contributed by atoms with Crippen molar-refractivity contribution in [2.75, 3.05) is 0 Å². The Morgan fingerprint density at radius 1 is 1.14 bits per heavy atom. The zero-order valence-corrected chi connectivity index (χ0v) is 10.0. The Morgan fingerprint density at radius 3 is 2.14 bits per heavy atom. The van der Waals surface area contributed by atoms with Crippen LogP contribution in [0, 0.1) is 0 Å². The van der Waals surface area contributed by atoms with Crippen molar-refractivity contribution in [1.82, 2.24) is 0 Å². The summed E-state index contributed by atoms with van der Waals surface area (Å²) in [6.07, 6.45) is 2.38. The number of hydrogen-bond acceptors (Lipinski definition) is 0. The molecule has 0 aliphatic rings. The zero-order valence-electron chi connectivity index (χ0n) is 9.26. The average molecular weight is 211 g/mol. The molecule has 0 radical (unpaired) electrons. The Hall–Kier alpha value is -0.490. The number of alkyl halides is 1. The van der Waals surface area contributed by atoms with Gasteiger partial charge in [-0.25, -0.2) is 0 Å². The van der Waals surface area contributed by atoms with E-state index in [4.69, 9.17) is 11.6 Å². The molecule has 0 spiro atoms. The molecular formula is C13H19Cl. The largest absolute Gasteiger partial charge is 0.123 e. The van der Waals surface area contributed by atoms with Gasteiger partial charge in [-0.05, 0) is 30.4 Å². The molecule has 0 saturated carbocycles. The third-order valence-corrected chi connectivity index (χ3v) is 3.11. The predicted molar refractivity (Wildman–Crippen MR) is 64.2 cm³/mol. The van der Waals surface area contributed by atoms with E-state index in [1.807, 2.05) is 6.92 Å². The molecule has 0 bridgehead atoms. The first-order chi connectivity index (χ1) is 6.65. The highest BCUT2D eigenvalue weighted by Crippen LogP contribution is 2.23. The van der Waals surface area contributed by atoms with Crippen LogP contribution in [-0.4, -0.2) is 5.38 Å². The van der Waals surface area contributed by atoms with Crippen molar-refractivity contribution >= 4 is 11.6 Å². The summed E-state index contributed by atoms with van der Waals surface area (Å²) in [6, 6.07) is 8.84. The number of rotatable bonds is 4. The third kappa shape index (κ3) is 3.02. The molecule has 0 nitrogen and oxygen atoms in total. The maximum Gasteiger partial charge on any atom is 0.0373 e. The van der Waals surface area contributed by atoms with Gasteiger partial charge in [0.15, 0.2) is 0 Å². The van der Waals surface area contributed by atoms with Gasteiger partial charge in [0.25, 0.3) is 0 Å². The molecule has 2 atom stereocenters. The van der Waals surface area contributed by atoms with Crippen molar-refractivity contribution in [3.63, 3.8) is 0 Å².